The molecule has 0 spiro atoms. The number of anilines is 1. The second-order valence-electron chi connectivity index (χ2n) is 8.15. The van der Waals surface area contributed by atoms with Crippen LogP contribution in [-0.2, 0) is 9.59 Å². The normalized spacial score (nSPS) is 11.0. The average molecular weight is 435 g/mol. The van der Waals surface area contributed by atoms with Gasteiger partial charge in [0.1, 0.15) is 12.3 Å². The van der Waals surface area contributed by atoms with E-state index in [1.54, 1.807) is 12.0 Å². The molecule has 0 bridgehead atoms. The van der Waals surface area contributed by atoms with E-state index in [0.717, 1.165) is 17.0 Å². The number of carbonyl (C=O) groups is 2. The number of nitrogens with zero attached hydrogens (tertiary/aromatic N) is 3. The Balaban J connectivity index is 1.91. The number of amides is 2. The third-order valence-electron chi connectivity index (χ3n) is 5.09. The van der Waals surface area contributed by atoms with E-state index in [1.807, 2.05) is 93.1 Å². The van der Waals surface area contributed by atoms with Gasteiger partial charge in [-0.25, -0.2) is 4.98 Å². The van der Waals surface area contributed by atoms with Crippen LogP contribution in [0, 0.1) is 5.92 Å². The molecule has 0 aliphatic carbocycles. The molecule has 7 nitrogen and oxygen atoms in total. The zero-order valence-corrected chi connectivity index (χ0v) is 19.2. The Morgan fingerprint density at radius 1 is 1.03 bits per heavy atom. The minimum absolute atomic E-state index is 0.0335. The Morgan fingerprint density at radius 2 is 1.69 bits per heavy atom. The number of aromatic nitrogens is 2. The number of imidazole rings is 1. The van der Waals surface area contributed by atoms with Crippen LogP contribution < -0.4 is 10.1 Å². The van der Waals surface area contributed by atoms with Crippen molar-refractivity contribution in [1.82, 2.24) is 14.5 Å². The van der Waals surface area contributed by atoms with E-state index in [-0.39, 0.29) is 30.3 Å². The van der Waals surface area contributed by atoms with Gasteiger partial charge in [-0.15, -0.1) is 0 Å². The number of hydrogen-bond donors (Lipinski definition) is 1. The topological polar surface area (TPSA) is 76.5 Å². The van der Waals surface area contributed by atoms with Crippen LogP contribution in [0.3, 0.4) is 0 Å². The summed E-state index contributed by atoms with van der Waals surface area (Å²) in [7, 11) is 1.62. The minimum Gasteiger partial charge on any atom is -0.497 e. The van der Waals surface area contributed by atoms with E-state index < -0.39 is 0 Å². The summed E-state index contributed by atoms with van der Waals surface area (Å²) in [5.74, 6) is 0.622. The van der Waals surface area contributed by atoms with Gasteiger partial charge in [0.25, 0.3) is 0 Å². The molecule has 0 unspecified atom stereocenters. The highest BCUT2D eigenvalue weighted by atomic mass is 16.5. The molecular formula is C25H30N4O3. The lowest BCUT2D eigenvalue weighted by molar-refractivity contribution is -0.139. The van der Waals surface area contributed by atoms with Crippen LogP contribution in [0.25, 0.3) is 16.9 Å². The van der Waals surface area contributed by atoms with Crippen molar-refractivity contribution in [3.8, 4) is 22.7 Å². The predicted molar refractivity (Wildman–Crippen MR) is 126 cm³/mol. The van der Waals surface area contributed by atoms with Gasteiger partial charge in [-0.05, 0) is 50.2 Å². The zero-order valence-electron chi connectivity index (χ0n) is 19.2. The van der Waals surface area contributed by atoms with Gasteiger partial charge in [0.15, 0.2) is 0 Å². The summed E-state index contributed by atoms with van der Waals surface area (Å²) in [6.45, 7) is 7.44. The lowest BCUT2D eigenvalue weighted by Gasteiger charge is -2.27. The van der Waals surface area contributed by atoms with Crippen molar-refractivity contribution in [1.29, 1.82) is 0 Å². The molecule has 0 atom stereocenters. The van der Waals surface area contributed by atoms with Crippen molar-refractivity contribution in [2.75, 3.05) is 19.0 Å². The summed E-state index contributed by atoms with van der Waals surface area (Å²) in [6.07, 6.45) is 1.88. The van der Waals surface area contributed by atoms with Crippen molar-refractivity contribution in [3.63, 3.8) is 0 Å². The number of nitrogens with one attached hydrogen (secondary N) is 1. The smallest absolute Gasteiger partial charge is 0.246 e. The highest BCUT2D eigenvalue weighted by Gasteiger charge is 2.23. The van der Waals surface area contributed by atoms with Crippen molar-refractivity contribution in [2.24, 2.45) is 5.92 Å². The Hall–Kier alpha value is -3.61. The second-order valence-corrected chi connectivity index (χ2v) is 8.15. The molecule has 0 fully saturated rings. The molecule has 32 heavy (non-hydrogen) atoms. The molecule has 3 rings (SSSR count). The van der Waals surface area contributed by atoms with Gasteiger partial charge in [-0.3, -0.25) is 19.5 Å². The number of hydrogen-bond acceptors (Lipinski definition) is 4. The van der Waals surface area contributed by atoms with Gasteiger partial charge < -0.3 is 9.64 Å². The van der Waals surface area contributed by atoms with Crippen LogP contribution in [0.1, 0.15) is 27.7 Å². The van der Waals surface area contributed by atoms with Gasteiger partial charge >= 0.3 is 0 Å². The van der Waals surface area contributed by atoms with Crippen LogP contribution in [0.2, 0.25) is 0 Å². The zero-order chi connectivity index (χ0) is 23.3. The maximum atomic E-state index is 12.9. The van der Waals surface area contributed by atoms with Crippen molar-refractivity contribution >= 4 is 17.8 Å². The summed E-state index contributed by atoms with van der Waals surface area (Å²) in [5, 5.41) is 2.90. The van der Waals surface area contributed by atoms with E-state index >= 15 is 0 Å². The molecule has 7 heteroatoms. The Morgan fingerprint density at radius 3 is 2.25 bits per heavy atom. The van der Waals surface area contributed by atoms with Crippen LogP contribution >= 0.6 is 0 Å². The first-order chi connectivity index (χ1) is 15.3. The summed E-state index contributed by atoms with van der Waals surface area (Å²) >= 11 is 0. The molecule has 0 aliphatic heterocycles. The van der Waals surface area contributed by atoms with Crippen LogP contribution in [0.4, 0.5) is 5.95 Å². The first-order valence-electron chi connectivity index (χ1n) is 10.7. The summed E-state index contributed by atoms with van der Waals surface area (Å²) in [4.78, 5) is 31.7. The van der Waals surface area contributed by atoms with E-state index in [2.05, 4.69) is 10.3 Å². The van der Waals surface area contributed by atoms with Gasteiger partial charge in [0, 0.05) is 29.4 Å². The molecule has 0 saturated heterocycles. The molecule has 1 N–H and O–H groups in total. The average Bonchev–Trinajstić information content (AvgIpc) is 3.21. The number of benzene rings is 2. The third kappa shape index (κ3) is 5.35. The van der Waals surface area contributed by atoms with Crippen molar-refractivity contribution in [2.45, 2.75) is 33.7 Å². The molecule has 0 aliphatic rings. The number of carbonyl (C=O) groups excluding carboxylic acids is 2. The predicted octanol–water partition coefficient (Wildman–Crippen LogP) is 4.38. The summed E-state index contributed by atoms with van der Waals surface area (Å²) < 4.78 is 7.07. The van der Waals surface area contributed by atoms with Crippen molar-refractivity contribution in [3.05, 3.63) is 60.8 Å². The van der Waals surface area contributed by atoms with E-state index in [9.17, 15) is 9.59 Å². The fourth-order valence-electron chi connectivity index (χ4n) is 3.32. The van der Waals surface area contributed by atoms with Gasteiger partial charge in [0.2, 0.25) is 17.8 Å². The molecule has 1 heterocycles. The number of ether oxygens (including phenoxy) is 1. The Kier molecular flexibility index (Phi) is 7.30. The van der Waals surface area contributed by atoms with Crippen LogP contribution in [0.15, 0.2) is 60.8 Å². The first-order valence-corrected chi connectivity index (χ1v) is 10.7. The first kappa shape index (κ1) is 23.1. The summed E-state index contributed by atoms with van der Waals surface area (Å²) in [5.41, 5.74) is 2.48. The highest BCUT2D eigenvalue weighted by Crippen LogP contribution is 2.26. The third-order valence-corrected chi connectivity index (χ3v) is 5.09. The molecule has 3 aromatic rings. The van der Waals surface area contributed by atoms with Gasteiger partial charge in [-0.1, -0.05) is 32.0 Å². The summed E-state index contributed by atoms with van der Waals surface area (Å²) in [6, 6.07) is 17.2. The maximum Gasteiger partial charge on any atom is 0.246 e. The quantitative estimate of drug-likeness (QED) is 0.571. The highest BCUT2D eigenvalue weighted by molar-refractivity contribution is 5.94. The fraction of sp³-hybridized carbons (Fsp3) is 0.320. The van der Waals surface area contributed by atoms with Crippen molar-refractivity contribution < 1.29 is 14.3 Å². The minimum atomic E-state index is -0.295. The van der Waals surface area contributed by atoms with E-state index in [1.165, 1.54) is 0 Å². The largest absolute Gasteiger partial charge is 0.497 e. The lowest BCUT2D eigenvalue weighted by Crippen LogP contribution is -2.44. The van der Waals surface area contributed by atoms with E-state index in [0.29, 0.717) is 11.6 Å². The second kappa shape index (κ2) is 10.1. The number of methoxy groups -OCH3 is 1. The standard InChI is InChI=1S/C25H30N4O3/c1-17(2)24(31)28(18(3)4)16-23(30)27-25-26-22(19-11-13-21(32-5)14-12-19)15-29(25)20-9-7-6-8-10-20/h6-15,17-18H,16H2,1-5H3,(H,26,27,30). The monoisotopic (exact) mass is 434 g/mol. The molecule has 168 valence electrons. The van der Waals surface area contributed by atoms with Gasteiger partial charge in [-0.2, -0.15) is 0 Å². The molecule has 0 radical (unpaired) electrons. The van der Waals surface area contributed by atoms with Crippen LogP contribution in [0.5, 0.6) is 5.75 Å². The van der Waals surface area contributed by atoms with Gasteiger partial charge in [0.05, 0.1) is 12.8 Å². The fourth-order valence-corrected chi connectivity index (χ4v) is 3.32. The lowest BCUT2D eigenvalue weighted by atomic mass is 10.1. The Bertz CT molecular complexity index is 1060. The van der Waals surface area contributed by atoms with Crippen LogP contribution in [-0.4, -0.2) is 46.0 Å². The number of para-hydroxylation sites is 1. The Labute approximate surface area is 189 Å². The molecule has 2 amide bonds. The molecule has 0 saturated carbocycles. The SMILES string of the molecule is COc1ccc(-c2cn(-c3ccccc3)c(NC(=O)CN(C(=O)C(C)C)C(C)C)n2)cc1. The maximum absolute atomic E-state index is 12.9. The van der Waals surface area contributed by atoms with E-state index in [4.69, 9.17) is 4.74 Å². The number of rotatable bonds is 8. The molecule has 1 aromatic heterocycles. The molecular weight excluding hydrogens is 404 g/mol. The molecule has 2 aromatic carbocycles.